The third kappa shape index (κ3) is 25.3. The van der Waals surface area contributed by atoms with Gasteiger partial charge in [0.15, 0.2) is 0 Å². The molecule has 33 heteroatoms. The van der Waals surface area contributed by atoms with Crippen LogP contribution < -0.4 is 58.0 Å². The zero-order chi connectivity index (χ0) is 105. The van der Waals surface area contributed by atoms with Gasteiger partial charge in [-0.25, -0.2) is 74.2 Å². The van der Waals surface area contributed by atoms with Gasteiger partial charge in [0.1, 0.15) is 118 Å². The zero-order valence-electron chi connectivity index (χ0n) is 84.9. The number of hydrogen-bond donors (Lipinski definition) is 0. The van der Waals surface area contributed by atoms with Crippen molar-refractivity contribution in [1.82, 2.24) is 79.7 Å². The number of para-hydroxylation sites is 7. The molecule has 21 aromatic rings. The van der Waals surface area contributed by atoms with Crippen molar-refractivity contribution in [2.45, 2.75) is 47.5 Å². The fourth-order valence-corrected chi connectivity index (χ4v) is 17.0. The molecule has 1 aliphatic rings. The van der Waals surface area contributed by atoms with Crippen molar-refractivity contribution in [1.29, 1.82) is 0 Å². The molecule has 0 amide bonds. The van der Waals surface area contributed by atoms with E-state index in [9.17, 15) is 17.6 Å². The highest BCUT2D eigenvalue weighted by atomic mass is 35.5. The number of nitrogens with zero attached hydrogens (tertiary/aromatic N) is 23. The molecule has 22 rings (SSSR count). The summed E-state index contributed by atoms with van der Waals surface area (Å²) in [6.07, 6.45) is 2.86. The van der Waals surface area contributed by atoms with Crippen LogP contribution in [0.15, 0.2) is 322 Å². The van der Waals surface area contributed by atoms with Gasteiger partial charge in [-0.2, -0.15) is 23.1 Å². The molecule has 149 heavy (non-hydrogen) atoms. The van der Waals surface area contributed by atoms with E-state index in [1.54, 1.807) is 57.6 Å². The van der Waals surface area contributed by atoms with Crippen molar-refractivity contribution in [3.8, 4) is 28.7 Å². The third-order valence-electron chi connectivity index (χ3n) is 24.2. The summed E-state index contributed by atoms with van der Waals surface area (Å²) in [5.74, 6) is 12.7. The fourth-order valence-electron chi connectivity index (χ4n) is 16.8. The number of alkyl halides is 1. The summed E-state index contributed by atoms with van der Waals surface area (Å²) in [6, 6.07) is 99.7. The van der Waals surface area contributed by atoms with Crippen LogP contribution >= 0.6 is 11.6 Å². The minimum absolute atomic E-state index is 0.0743. The van der Waals surface area contributed by atoms with Crippen molar-refractivity contribution < 1.29 is 41.2 Å². The summed E-state index contributed by atoms with van der Waals surface area (Å²) in [4.78, 5) is 83.0. The number of benzene rings is 12. The number of anilines is 14. The van der Waals surface area contributed by atoms with Gasteiger partial charge in [0.05, 0.1) is 78.9 Å². The number of pyridine rings is 2. The molecule has 28 nitrogen and oxygen atoms in total. The molecule has 0 bridgehead atoms. The Morgan fingerprint density at radius 2 is 0.624 bits per heavy atom. The van der Waals surface area contributed by atoms with Crippen LogP contribution in [0.5, 0.6) is 28.7 Å². The molecule has 0 atom stereocenters. The van der Waals surface area contributed by atoms with E-state index < -0.39 is 24.6 Å². The van der Waals surface area contributed by atoms with Crippen LogP contribution in [0.4, 0.5) is 98.2 Å². The van der Waals surface area contributed by atoms with Gasteiger partial charge in [0.25, 0.3) is 0 Å². The molecular weight excluding hydrogens is 1900 g/mol. The first kappa shape index (κ1) is 104. The Bertz CT molecular complexity index is 7900. The Morgan fingerprint density at radius 1 is 0.302 bits per heavy atom. The maximum atomic E-state index is 13.6. The molecule has 0 fully saturated rings. The topological polar surface area (TPSA) is 275 Å². The summed E-state index contributed by atoms with van der Waals surface area (Å²) in [6.45, 7) is 9.90. The van der Waals surface area contributed by atoms with Crippen molar-refractivity contribution in [3.63, 3.8) is 0 Å². The smallest absolute Gasteiger partial charge is 0.311 e. The van der Waals surface area contributed by atoms with Gasteiger partial charge in [-0.15, -0.1) is 0 Å². The maximum Gasteiger partial charge on any atom is 0.311 e. The van der Waals surface area contributed by atoms with E-state index in [-0.39, 0.29) is 11.9 Å². The van der Waals surface area contributed by atoms with Crippen molar-refractivity contribution >= 4 is 169 Å². The van der Waals surface area contributed by atoms with Gasteiger partial charge in [-0.05, 0) is 289 Å². The predicted octanol–water partition coefficient (Wildman–Crippen LogP) is 25.9. The highest BCUT2D eigenvalue weighted by Gasteiger charge is 2.25. The number of aromatic nitrogens is 16. The van der Waals surface area contributed by atoms with Crippen LogP contribution in [0.3, 0.4) is 0 Å². The predicted molar refractivity (Wildman–Crippen MR) is 587 cm³/mol. The first-order valence-electron chi connectivity index (χ1n) is 47.6. The van der Waals surface area contributed by atoms with Gasteiger partial charge < -0.3 is 58.0 Å². The largest absolute Gasteiger partial charge is 0.497 e. The van der Waals surface area contributed by atoms with Crippen LogP contribution in [0, 0.1) is 52.6 Å². The molecule has 0 aliphatic carbocycles. The lowest BCUT2D eigenvalue weighted by Gasteiger charge is -2.31. The second-order valence-corrected chi connectivity index (χ2v) is 34.4. The highest BCUT2D eigenvalue weighted by molar-refractivity contribution is 6.29. The first-order chi connectivity index (χ1) is 72.3. The van der Waals surface area contributed by atoms with Crippen molar-refractivity contribution in [2.75, 3.05) is 125 Å². The highest BCUT2D eigenvalue weighted by Crippen LogP contribution is 2.41. The van der Waals surface area contributed by atoms with Gasteiger partial charge in [0.2, 0.25) is 17.2 Å². The fraction of sp³-hybridized carbons (Fsp3) is 0.172. The van der Waals surface area contributed by atoms with Crippen LogP contribution in [-0.4, -0.2) is 170 Å². The van der Waals surface area contributed by atoms with E-state index in [4.69, 9.17) is 35.3 Å². The van der Waals surface area contributed by atoms with Gasteiger partial charge in [-0.1, -0.05) is 91.0 Å². The summed E-state index contributed by atoms with van der Waals surface area (Å²) < 4.78 is 78.1. The van der Waals surface area contributed by atoms with Crippen LogP contribution in [0.2, 0.25) is 5.28 Å². The minimum atomic E-state index is -0.732. The van der Waals surface area contributed by atoms with E-state index in [0.717, 1.165) is 194 Å². The molecule has 1 aliphatic heterocycles. The number of rotatable bonds is 20. The molecule has 0 spiro atoms. The molecular formula is C116H108ClF4N23O5. The third-order valence-corrected chi connectivity index (χ3v) is 24.4. The van der Waals surface area contributed by atoms with Crippen molar-refractivity contribution in [3.05, 3.63) is 380 Å². The Labute approximate surface area is 865 Å². The van der Waals surface area contributed by atoms with Gasteiger partial charge in [-0.3, -0.25) is 0 Å². The van der Waals surface area contributed by atoms with E-state index in [1.807, 2.05) is 359 Å². The number of methoxy groups -OCH3 is 4. The molecule has 10 heterocycles. The molecule has 0 saturated heterocycles. The maximum absolute atomic E-state index is 13.6. The van der Waals surface area contributed by atoms with E-state index in [2.05, 4.69) is 107 Å². The molecule has 0 saturated carbocycles. The molecule has 12 aromatic carbocycles. The molecule has 0 N–H and O–H groups in total. The lowest BCUT2D eigenvalue weighted by atomic mass is 10.0. The van der Waals surface area contributed by atoms with Crippen LogP contribution in [0.25, 0.3) is 76.3 Å². The lowest BCUT2D eigenvalue weighted by Crippen LogP contribution is -2.25. The quantitative estimate of drug-likeness (QED) is 0.0389. The summed E-state index contributed by atoms with van der Waals surface area (Å²) in [5.41, 5.74) is 13.2. The average molecular weight is 2010 g/mol. The SMILES string of the molecule is COc1ccc(N(C)c2nc([18F])nc3ccccc23)cc1.COc1ccc(N([11CH3])c2nc(C)nc3ccccc23)cc1.COc1ccc2c(c1)CCCN2c1nc(Cl)nc2ccccc12.Cc1nc(N(C)c2ccc(OCC[18F])cc2)c2ccccc2n1.Cc1nc(N(C)c2ccc(O[11CH3])cc2)c2ccccc2n1.Cc1nc(N(C)c2ccc([18F])nc2)c2ccccc2n1.Cc1nc(N(C)c2cccc([18F])n2)c2ccccc2n1. The average Bonchev–Trinajstić information content (AvgIpc) is 1.64. The Morgan fingerprint density at radius 3 is 0.980 bits per heavy atom. The Kier molecular flexibility index (Phi) is 33.8. The van der Waals surface area contributed by atoms with Crippen LogP contribution in [-0.2, 0) is 6.42 Å². The standard InChI is InChI=1S/C18H16ClN3O.C18H18FN3O.2C17H17N3O.C16H14FN3O.2C15H13FN4/c1-23-13-8-9-16-12(11-13)5-4-10-22(16)17-14-6-2-3-7-15(14)20-18(19)21-17;1-13-20-17-6-4-3-5-16(17)18(21-13)22(2)14-7-9-15(10-8-14)23-12-11-19;2*1-12-18-16-7-5-4-6-15(16)17(19-12)20(2)13-8-10-14(21-3)11-9-13;1-20(11-7-9-12(21-2)10-8-11)15-13-5-3-4-6-14(13)18-16(17)19-15;1-10-17-12-7-4-3-6-11(12)15(18-10)20(2)14-9-5-8-13(16)19-14;1-10-18-13-6-4-3-5-12(13)15(19-10)20(2)11-7-8-14(16)17-9-11/h2-3,6-9,11H,4-5,10H2,1H3;3-10H,11-12H2,1-2H3;2*4-11H,1-3H3;3-10H,1-2H3;2*3-9H,1-2H3/i;19-1;3-1;2-1;17-1;2*16-1. The van der Waals surface area contributed by atoms with E-state index in [0.29, 0.717) is 40.4 Å². The molecule has 752 valence electrons. The minimum Gasteiger partial charge on any atom is -0.497 e. The summed E-state index contributed by atoms with van der Waals surface area (Å²) in [7, 11) is 18.2. The second-order valence-electron chi connectivity index (χ2n) is 34.1. The first-order valence-corrected chi connectivity index (χ1v) is 48.0. The number of ether oxygens (including phenoxy) is 5. The summed E-state index contributed by atoms with van der Waals surface area (Å²) >= 11 is 6.15. The molecule has 9 aromatic heterocycles. The molecule has 0 unspecified atom stereocenters. The number of halogens is 5. The lowest BCUT2D eigenvalue weighted by molar-refractivity contribution is 0.273. The zero-order valence-corrected chi connectivity index (χ0v) is 85.6. The monoisotopic (exact) mass is 2010 g/mol. The number of fused-ring (bicyclic) bond motifs is 8. The summed E-state index contributed by atoms with van der Waals surface area (Å²) in [5, 5.41) is 7.04. The van der Waals surface area contributed by atoms with E-state index >= 15 is 0 Å². The Hall–Kier alpha value is -18.1. The Balaban J connectivity index is 0.000000124. The number of hydrogen-bond acceptors (Lipinski definition) is 28. The van der Waals surface area contributed by atoms with Crippen LogP contribution in [0.1, 0.15) is 41.1 Å². The van der Waals surface area contributed by atoms with Gasteiger partial charge >= 0.3 is 6.08 Å². The second kappa shape index (κ2) is 48.5. The molecule has 0 radical (unpaired) electrons. The van der Waals surface area contributed by atoms with Crippen molar-refractivity contribution in [2.24, 2.45) is 0 Å². The van der Waals surface area contributed by atoms with Gasteiger partial charge in [0, 0.05) is 115 Å². The number of aryl methyl sites for hydroxylation is 6. The van der Waals surface area contributed by atoms with E-state index in [1.165, 1.54) is 23.9 Å². The normalized spacial score (nSPS) is 11.2.